The van der Waals surface area contributed by atoms with Crippen LogP contribution in [0.4, 0.5) is 0 Å². The largest absolute Gasteiger partial charge is 0.508 e. The van der Waals surface area contributed by atoms with Gasteiger partial charge in [-0.25, -0.2) is 0 Å². The van der Waals surface area contributed by atoms with Crippen LogP contribution >= 0.6 is 0 Å². The molecule has 1 saturated carbocycles. The molecule has 6 N–H and O–H groups in total. The molecule has 39 heavy (non-hydrogen) atoms. The van der Waals surface area contributed by atoms with Gasteiger partial charge in [0.1, 0.15) is 22.8 Å². The normalized spacial score (nSPS) is 26.5. The van der Waals surface area contributed by atoms with Crippen molar-refractivity contribution in [3.8, 4) is 5.75 Å². The number of aliphatic hydroxyl groups is 3. The van der Waals surface area contributed by atoms with Gasteiger partial charge in [-0.15, -0.1) is 0 Å². The van der Waals surface area contributed by atoms with E-state index in [0.717, 1.165) is 18.4 Å². The van der Waals surface area contributed by atoms with E-state index in [9.17, 15) is 34.8 Å². The number of aliphatic hydroxyl groups excluding tert-OH is 2. The Bertz CT molecular complexity index is 1470. The average molecular weight is 536 g/mol. The first kappa shape index (κ1) is 26.7. The summed E-state index contributed by atoms with van der Waals surface area (Å²) in [5, 5.41) is 44.7. The molecule has 206 valence electrons. The van der Waals surface area contributed by atoms with E-state index in [1.54, 1.807) is 14.1 Å². The fourth-order valence-corrected chi connectivity index (χ4v) is 6.76. The van der Waals surface area contributed by atoms with Gasteiger partial charge in [0.05, 0.1) is 11.6 Å². The summed E-state index contributed by atoms with van der Waals surface area (Å²) >= 11 is 0. The number of nitrogens with two attached hydrogens (primary N) is 1. The van der Waals surface area contributed by atoms with Gasteiger partial charge >= 0.3 is 0 Å². The van der Waals surface area contributed by atoms with Gasteiger partial charge in [0.15, 0.2) is 11.4 Å². The second-order valence-electron chi connectivity index (χ2n) is 11.0. The number of ketones is 2. The lowest BCUT2D eigenvalue weighted by Gasteiger charge is -2.50. The number of likely N-dealkylation sites (N-methyl/N-ethyl adjacent to an activating group) is 1. The molecule has 0 unspecified atom stereocenters. The second-order valence-corrected chi connectivity index (χ2v) is 11.0. The molecule has 1 aromatic carbocycles. The third kappa shape index (κ3) is 3.89. The Labute approximate surface area is 225 Å². The van der Waals surface area contributed by atoms with Gasteiger partial charge in [-0.2, -0.15) is 0 Å². The molecule has 1 heterocycles. The molecule has 1 fully saturated rings. The van der Waals surface area contributed by atoms with Gasteiger partial charge in [-0.1, -0.05) is 6.07 Å². The standard InChI is InChI=1S/C29H33N3O7/c1-31(2)23-18-13-15-12-17-14(6-4-7-16-8-5-11-32(16)3)9-10-19(33)21(17)24(34)20(15)26(36)29(18,39)27(37)22(25(23)35)28(30)38/h5,8-11,15,18,23,33-34,37,39H,4,6-7,12-13H2,1-3H3,(H2,30,38)/t15-,18-,23-,29-/m1/s1. The zero-order valence-corrected chi connectivity index (χ0v) is 22.1. The predicted octanol–water partition coefficient (Wildman–Crippen LogP) is 1.48. The fourth-order valence-electron chi connectivity index (χ4n) is 6.76. The summed E-state index contributed by atoms with van der Waals surface area (Å²) in [6, 6.07) is 6.24. The molecule has 5 rings (SSSR count). The summed E-state index contributed by atoms with van der Waals surface area (Å²) in [6.45, 7) is 0. The van der Waals surface area contributed by atoms with Gasteiger partial charge in [0.25, 0.3) is 5.91 Å². The number of aromatic nitrogens is 1. The van der Waals surface area contributed by atoms with E-state index >= 15 is 0 Å². The number of hydrogen-bond donors (Lipinski definition) is 5. The number of aryl methyl sites for hydroxylation is 3. The number of primary amides is 1. The Morgan fingerprint density at radius 2 is 1.87 bits per heavy atom. The van der Waals surface area contributed by atoms with Crippen molar-refractivity contribution < 1.29 is 34.8 Å². The Kier molecular flexibility index (Phi) is 6.43. The molecule has 0 radical (unpaired) electrons. The number of phenolic OH excluding ortho intramolecular Hbond substituents is 1. The monoisotopic (exact) mass is 535 g/mol. The van der Waals surface area contributed by atoms with E-state index in [4.69, 9.17) is 5.73 Å². The van der Waals surface area contributed by atoms with Crippen molar-refractivity contribution in [1.29, 1.82) is 0 Å². The molecule has 0 aliphatic heterocycles. The first-order valence-corrected chi connectivity index (χ1v) is 13.0. The molecule has 0 bridgehead atoms. The van der Waals surface area contributed by atoms with Crippen molar-refractivity contribution in [2.45, 2.75) is 43.7 Å². The smallest absolute Gasteiger partial charge is 0.255 e. The lowest BCUT2D eigenvalue weighted by atomic mass is 9.57. The van der Waals surface area contributed by atoms with Gasteiger partial charge in [-0.3, -0.25) is 19.3 Å². The first-order chi connectivity index (χ1) is 18.4. The van der Waals surface area contributed by atoms with Gasteiger partial charge in [0.2, 0.25) is 5.78 Å². The van der Waals surface area contributed by atoms with Crippen LogP contribution in [0.3, 0.4) is 0 Å². The van der Waals surface area contributed by atoms with Crippen LogP contribution in [-0.4, -0.2) is 73.1 Å². The average Bonchev–Trinajstić information content (AvgIpc) is 3.26. The molecule has 3 aliphatic carbocycles. The van der Waals surface area contributed by atoms with Crippen LogP contribution < -0.4 is 5.73 Å². The van der Waals surface area contributed by atoms with Crippen molar-refractivity contribution in [3.05, 3.63) is 69.8 Å². The molecule has 10 nitrogen and oxygen atoms in total. The van der Waals surface area contributed by atoms with E-state index in [2.05, 4.69) is 10.6 Å². The third-order valence-corrected chi connectivity index (χ3v) is 8.63. The summed E-state index contributed by atoms with van der Waals surface area (Å²) in [6.07, 6.45) is 4.69. The first-order valence-electron chi connectivity index (χ1n) is 13.0. The van der Waals surface area contributed by atoms with Crippen LogP contribution in [0.15, 0.2) is 47.4 Å². The van der Waals surface area contributed by atoms with Crippen LogP contribution in [0.2, 0.25) is 0 Å². The molecule has 1 aromatic heterocycles. The summed E-state index contributed by atoms with van der Waals surface area (Å²) in [7, 11) is 5.15. The number of rotatable bonds is 6. The highest BCUT2D eigenvalue weighted by Crippen LogP contribution is 2.53. The number of carbonyl (C=O) groups is 3. The minimum Gasteiger partial charge on any atom is -0.508 e. The lowest BCUT2D eigenvalue weighted by molar-refractivity contribution is -0.153. The topological polar surface area (TPSA) is 166 Å². The number of nitrogens with zero attached hydrogens (tertiary/aromatic N) is 2. The molecule has 4 atom stereocenters. The zero-order valence-electron chi connectivity index (χ0n) is 22.1. The van der Waals surface area contributed by atoms with E-state index < -0.39 is 58.0 Å². The molecule has 0 saturated heterocycles. The van der Waals surface area contributed by atoms with E-state index in [0.29, 0.717) is 18.4 Å². The van der Waals surface area contributed by atoms with Crippen molar-refractivity contribution in [2.75, 3.05) is 14.1 Å². The maximum Gasteiger partial charge on any atom is 0.255 e. The molecule has 1 amide bonds. The predicted molar refractivity (Wildman–Crippen MR) is 142 cm³/mol. The quantitative estimate of drug-likeness (QED) is 0.347. The van der Waals surface area contributed by atoms with Crippen LogP contribution in [0, 0.1) is 11.8 Å². The molecule has 2 aromatic rings. The van der Waals surface area contributed by atoms with Gasteiger partial charge in [-0.05, 0) is 81.4 Å². The minimum absolute atomic E-state index is 0.0736. The molecular formula is C29H33N3O7. The molecule has 3 aliphatic rings. The number of carbonyl (C=O) groups excluding carboxylic acids is 3. The van der Waals surface area contributed by atoms with E-state index in [1.807, 2.05) is 25.4 Å². The fraction of sp³-hybridized carbons (Fsp3) is 0.414. The maximum absolute atomic E-state index is 13.9. The van der Waals surface area contributed by atoms with Crippen molar-refractivity contribution in [2.24, 2.45) is 24.6 Å². The number of amides is 1. The Morgan fingerprint density at radius 1 is 1.15 bits per heavy atom. The van der Waals surface area contributed by atoms with Crippen LogP contribution in [0.5, 0.6) is 5.75 Å². The number of benzene rings is 1. The van der Waals surface area contributed by atoms with Crippen molar-refractivity contribution >= 4 is 23.2 Å². The summed E-state index contributed by atoms with van der Waals surface area (Å²) in [5.74, 6) is -6.45. The number of phenols is 1. The van der Waals surface area contributed by atoms with Gasteiger partial charge in [0, 0.05) is 30.4 Å². The van der Waals surface area contributed by atoms with Crippen LogP contribution in [0.1, 0.15) is 35.2 Å². The zero-order chi connectivity index (χ0) is 28.4. The number of hydrogen-bond acceptors (Lipinski definition) is 8. The summed E-state index contributed by atoms with van der Waals surface area (Å²) in [5.41, 5.74) is 4.73. The van der Waals surface area contributed by atoms with E-state index in [1.165, 1.54) is 16.7 Å². The lowest BCUT2D eigenvalue weighted by Crippen LogP contribution is -2.65. The maximum atomic E-state index is 13.9. The highest BCUT2D eigenvalue weighted by Gasteiger charge is 2.64. The Balaban J connectivity index is 1.58. The van der Waals surface area contributed by atoms with Gasteiger partial charge < -0.3 is 30.7 Å². The summed E-state index contributed by atoms with van der Waals surface area (Å²) < 4.78 is 2.06. The Morgan fingerprint density at radius 3 is 2.49 bits per heavy atom. The minimum atomic E-state index is -2.63. The van der Waals surface area contributed by atoms with Crippen LogP contribution in [-0.2, 0) is 40.7 Å². The van der Waals surface area contributed by atoms with E-state index in [-0.39, 0.29) is 23.3 Å². The van der Waals surface area contributed by atoms with Crippen molar-refractivity contribution in [1.82, 2.24) is 9.47 Å². The highest BCUT2D eigenvalue weighted by molar-refractivity contribution is 6.24. The van der Waals surface area contributed by atoms with Crippen molar-refractivity contribution in [3.63, 3.8) is 0 Å². The van der Waals surface area contributed by atoms with Crippen LogP contribution in [0.25, 0.3) is 5.76 Å². The number of Topliss-reactive ketones (excluding diaryl/α,β-unsaturated/α-hetero) is 2. The second kappa shape index (κ2) is 9.39. The SMILES string of the molecule is CN(C)[C@H]1C(=O)C(C(N)=O)=C(O)[C@]2(O)C(=O)C3=C(O)c4c(O)ccc(CCCc5cccn5C)c4C[C@@H]3C[C@H]12. The highest BCUT2D eigenvalue weighted by atomic mass is 16.3. The Hall–Kier alpha value is -3.89. The number of aromatic hydroxyl groups is 1. The molecular weight excluding hydrogens is 502 g/mol. The third-order valence-electron chi connectivity index (χ3n) is 8.63. The number of fused-ring (bicyclic) bond motifs is 3. The summed E-state index contributed by atoms with van der Waals surface area (Å²) in [4.78, 5) is 40.7. The molecule has 10 heteroatoms. The molecule has 0 spiro atoms.